The minimum Gasteiger partial charge on any atom is -0.357 e. The Morgan fingerprint density at radius 1 is 1.14 bits per heavy atom. The lowest BCUT2D eigenvalue weighted by Gasteiger charge is -2.29. The number of hydrogen-bond acceptors (Lipinski definition) is 3. The maximum Gasteiger partial charge on any atom is 0.246 e. The molecular weight excluding hydrogens is 278 g/mol. The first-order valence-electron chi connectivity index (χ1n) is 8.31. The third kappa shape index (κ3) is 5.13. The Morgan fingerprint density at radius 3 is 2.18 bits per heavy atom. The lowest BCUT2D eigenvalue weighted by molar-refractivity contribution is -0.129. The van der Waals surface area contributed by atoms with Crippen LogP contribution in [0.3, 0.4) is 0 Å². The molecule has 0 aromatic heterocycles. The Morgan fingerprint density at radius 2 is 1.73 bits per heavy atom. The zero-order valence-electron chi connectivity index (χ0n) is 14.3. The van der Waals surface area contributed by atoms with Gasteiger partial charge in [0.25, 0.3) is 0 Å². The predicted molar refractivity (Wildman–Crippen MR) is 89.4 cm³/mol. The summed E-state index contributed by atoms with van der Waals surface area (Å²) >= 11 is 0. The fraction of sp³-hybridized carbons (Fsp3) is 0.765. The van der Waals surface area contributed by atoms with Gasteiger partial charge in [-0.25, -0.2) is 0 Å². The fourth-order valence-corrected chi connectivity index (χ4v) is 3.08. The molecule has 0 bridgehead atoms. The summed E-state index contributed by atoms with van der Waals surface area (Å²) in [5, 5.41) is 8.76. The number of likely N-dealkylation sites (N-methyl/N-ethyl adjacent to an activating group) is 1. The number of nitrogens with one attached hydrogen (secondary N) is 3. The maximum absolute atomic E-state index is 12.5. The van der Waals surface area contributed by atoms with E-state index in [-0.39, 0.29) is 23.8 Å². The normalized spacial score (nSPS) is 19.5. The van der Waals surface area contributed by atoms with Gasteiger partial charge in [-0.3, -0.25) is 9.59 Å². The van der Waals surface area contributed by atoms with Gasteiger partial charge in [-0.1, -0.05) is 32.8 Å². The van der Waals surface area contributed by atoms with Crippen molar-refractivity contribution in [2.24, 2.45) is 11.8 Å². The highest BCUT2D eigenvalue weighted by Crippen LogP contribution is 2.28. The number of carbonyl (C=O) groups is 2. The number of rotatable bonds is 8. The Bertz CT molecular complexity index is 389. The second-order valence-corrected chi connectivity index (χ2v) is 6.56. The molecule has 0 spiro atoms. The van der Waals surface area contributed by atoms with Crippen LogP contribution in [-0.4, -0.2) is 37.0 Å². The van der Waals surface area contributed by atoms with Gasteiger partial charge in [-0.2, -0.15) is 0 Å². The van der Waals surface area contributed by atoms with Crippen LogP contribution in [0.15, 0.2) is 12.7 Å². The molecule has 3 N–H and O–H groups in total. The maximum atomic E-state index is 12.5. The van der Waals surface area contributed by atoms with Crippen molar-refractivity contribution in [2.45, 2.75) is 64.6 Å². The fourth-order valence-electron chi connectivity index (χ4n) is 3.08. The van der Waals surface area contributed by atoms with Crippen LogP contribution in [0.25, 0.3) is 0 Å². The molecule has 0 heterocycles. The zero-order valence-corrected chi connectivity index (χ0v) is 14.3. The first-order chi connectivity index (χ1) is 10.4. The van der Waals surface area contributed by atoms with E-state index in [2.05, 4.69) is 29.5 Å². The molecular formula is C17H31N3O2. The molecule has 0 saturated heterocycles. The van der Waals surface area contributed by atoms with Crippen molar-refractivity contribution >= 4 is 11.8 Å². The highest BCUT2D eigenvalue weighted by Gasteiger charge is 2.30. The Hall–Kier alpha value is -1.36. The summed E-state index contributed by atoms with van der Waals surface area (Å²) in [6, 6.07) is -0.687. The summed E-state index contributed by atoms with van der Waals surface area (Å²) in [6.07, 6.45) is 6.48. The van der Waals surface area contributed by atoms with E-state index in [0.717, 1.165) is 0 Å². The third-order valence-corrected chi connectivity index (χ3v) is 4.56. The standard InChI is InChI=1S/C17H31N3O2/c1-6-14(16(21)18-5)20-17(22)15(11(2)3)19-12(4)13-9-7-8-10-13/h6,11-15,19H,1,7-10H2,2-5H3,(H,18,21)(H,20,22)/t12-,14-,15-/m0/s1. The van der Waals surface area contributed by atoms with Gasteiger partial charge >= 0.3 is 0 Å². The summed E-state index contributed by atoms with van der Waals surface area (Å²) in [5.41, 5.74) is 0. The van der Waals surface area contributed by atoms with Crippen LogP contribution in [0, 0.1) is 11.8 Å². The molecule has 0 aliphatic heterocycles. The highest BCUT2D eigenvalue weighted by molar-refractivity contribution is 5.91. The van der Waals surface area contributed by atoms with Crippen molar-refractivity contribution in [3.63, 3.8) is 0 Å². The van der Waals surface area contributed by atoms with Gasteiger partial charge < -0.3 is 16.0 Å². The molecule has 3 atom stereocenters. The van der Waals surface area contributed by atoms with Crippen molar-refractivity contribution in [3.8, 4) is 0 Å². The van der Waals surface area contributed by atoms with Gasteiger partial charge in [0.05, 0.1) is 6.04 Å². The average molecular weight is 309 g/mol. The van der Waals surface area contributed by atoms with E-state index in [1.54, 1.807) is 7.05 Å². The molecule has 1 saturated carbocycles. The van der Waals surface area contributed by atoms with Gasteiger partial charge in [0.1, 0.15) is 6.04 Å². The van der Waals surface area contributed by atoms with Gasteiger partial charge in [0.15, 0.2) is 0 Å². The quantitative estimate of drug-likeness (QED) is 0.596. The molecule has 5 heteroatoms. The van der Waals surface area contributed by atoms with E-state index in [0.29, 0.717) is 12.0 Å². The molecule has 126 valence electrons. The van der Waals surface area contributed by atoms with Gasteiger partial charge in [-0.15, -0.1) is 6.58 Å². The van der Waals surface area contributed by atoms with Crippen LogP contribution in [0.1, 0.15) is 46.5 Å². The van der Waals surface area contributed by atoms with E-state index in [1.807, 2.05) is 13.8 Å². The minimum atomic E-state index is -0.692. The molecule has 1 aliphatic rings. The summed E-state index contributed by atoms with van der Waals surface area (Å²) in [5.74, 6) is 0.394. The molecule has 0 aromatic rings. The predicted octanol–water partition coefficient (Wildman–Crippen LogP) is 1.60. The molecule has 22 heavy (non-hydrogen) atoms. The van der Waals surface area contributed by atoms with E-state index >= 15 is 0 Å². The summed E-state index contributed by atoms with van der Waals surface area (Å²) < 4.78 is 0. The van der Waals surface area contributed by atoms with Gasteiger partial charge in [0.2, 0.25) is 11.8 Å². The minimum absolute atomic E-state index is 0.145. The van der Waals surface area contributed by atoms with Gasteiger partial charge in [0, 0.05) is 13.1 Å². The first kappa shape index (κ1) is 18.7. The SMILES string of the molecule is C=C[C@H](NC(=O)[C@@H](N[C@@H](C)C1CCCC1)C(C)C)C(=O)NC. The van der Waals surface area contributed by atoms with Crippen LogP contribution >= 0.6 is 0 Å². The smallest absolute Gasteiger partial charge is 0.246 e. The molecule has 0 radical (unpaired) electrons. The largest absolute Gasteiger partial charge is 0.357 e. The second kappa shape index (κ2) is 8.93. The number of amides is 2. The topological polar surface area (TPSA) is 70.2 Å². The summed E-state index contributed by atoms with van der Waals surface area (Å²) in [4.78, 5) is 24.2. The van der Waals surface area contributed by atoms with Crippen LogP contribution in [0.4, 0.5) is 0 Å². The monoisotopic (exact) mass is 309 g/mol. The van der Waals surface area contributed by atoms with Crippen LogP contribution in [0.2, 0.25) is 0 Å². The molecule has 0 aromatic carbocycles. The first-order valence-corrected chi connectivity index (χ1v) is 8.31. The molecule has 1 aliphatic carbocycles. The molecule has 1 rings (SSSR count). The van der Waals surface area contributed by atoms with E-state index in [4.69, 9.17) is 0 Å². The van der Waals surface area contributed by atoms with E-state index < -0.39 is 6.04 Å². The lowest BCUT2D eigenvalue weighted by Crippen LogP contribution is -2.55. The van der Waals surface area contributed by atoms with Crippen molar-refractivity contribution in [3.05, 3.63) is 12.7 Å². The van der Waals surface area contributed by atoms with E-state index in [9.17, 15) is 9.59 Å². The zero-order chi connectivity index (χ0) is 16.7. The van der Waals surface area contributed by atoms with Crippen molar-refractivity contribution < 1.29 is 9.59 Å². The Labute approximate surface area is 134 Å². The van der Waals surface area contributed by atoms with Crippen LogP contribution in [0.5, 0.6) is 0 Å². The van der Waals surface area contributed by atoms with Crippen LogP contribution in [-0.2, 0) is 9.59 Å². The molecule has 5 nitrogen and oxygen atoms in total. The third-order valence-electron chi connectivity index (χ3n) is 4.56. The summed E-state index contributed by atoms with van der Waals surface area (Å²) in [6.45, 7) is 9.80. The Balaban J connectivity index is 2.66. The van der Waals surface area contributed by atoms with Crippen molar-refractivity contribution in [2.75, 3.05) is 7.05 Å². The van der Waals surface area contributed by atoms with Crippen molar-refractivity contribution in [1.29, 1.82) is 0 Å². The number of carbonyl (C=O) groups excluding carboxylic acids is 2. The summed E-state index contributed by atoms with van der Waals surface area (Å²) in [7, 11) is 1.55. The molecule has 0 unspecified atom stereocenters. The molecule has 2 amide bonds. The van der Waals surface area contributed by atoms with Crippen LogP contribution < -0.4 is 16.0 Å². The Kier molecular flexibility index (Phi) is 7.59. The van der Waals surface area contributed by atoms with E-state index in [1.165, 1.54) is 31.8 Å². The second-order valence-electron chi connectivity index (χ2n) is 6.56. The highest BCUT2D eigenvalue weighted by atomic mass is 16.2. The number of hydrogen-bond donors (Lipinski definition) is 3. The van der Waals surface area contributed by atoms with Crippen molar-refractivity contribution in [1.82, 2.24) is 16.0 Å². The molecule has 1 fully saturated rings. The lowest BCUT2D eigenvalue weighted by atomic mass is 9.95. The van der Waals surface area contributed by atoms with Gasteiger partial charge in [-0.05, 0) is 31.6 Å². The average Bonchev–Trinajstić information content (AvgIpc) is 3.02.